The van der Waals surface area contributed by atoms with Crippen LogP contribution in [0.2, 0.25) is 5.02 Å². The van der Waals surface area contributed by atoms with Gasteiger partial charge in [0.2, 0.25) is 0 Å². The Morgan fingerprint density at radius 2 is 1.78 bits per heavy atom. The molecule has 2 heterocycles. The maximum atomic E-state index is 13.2. The summed E-state index contributed by atoms with van der Waals surface area (Å²) in [6.07, 6.45) is -4.44. The van der Waals surface area contributed by atoms with Crippen LogP contribution in [0.4, 0.5) is 18.9 Å². The highest BCUT2D eigenvalue weighted by Gasteiger charge is 2.34. The van der Waals surface area contributed by atoms with Crippen LogP contribution in [0.1, 0.15) is 11.3 Å². The molecule has 0 unspecified atom stereocenters. The van der Waals surface area contributed by atoms with E-state index in [-0.39, 0.29) is 11.3 Å². The van der Waals surface area contributed by atoms with E-state index < -0.39 is 11.7 Å². The molecule has 1 aromatic heterocycles. The fraction of sp³-hybridized carbons (Fsp3) is 0.348. The monoisotopic (exact) mass is 464 g/mol. The van der Waals surface area contributed by atoms with Crippen LogP contribution >= 0.6 is 11.6 Å². The summed E-state index contributed by atoms with van der Waals surface area (Å²) in [5.41, 5.74) is 0.632. The molecule has 170 valence electrons. The van der Waals surface area contributed by atoms with E-state index in [0.717, 1.165) is 56.0 Å². The molecule has 0 atom stereocenters. The molecule has 0 spiro atoms. The Balaban J connectivity index is 1.23. The molecule has 0 bridgehead atoms. The summed E-state index contributed by atoms with van der Waals surface area (Å²) < 4.78 is 44.9. The van der Waals surface area contributed by atoms with Gasteiger partial charge >= 0.3 is 6.18 Å². The van der Waals surface area contributed by atoms with Gasteiger partial charge in [-0.15, -0.1) is 0 Å². The fourth-order valence-corrected chi connectivity index (χ4v) is 4.01. The van der Waals surface area contributed by atoms with Crippen molar-refractivity contribution in [2.24, 2.45) is 0 Å². The number of piperazine rings is 1. The first kappa shape index (κ1) is 22.6. The normalized spacial score (nSPS) is 15.3. The molecule has 32 heavy (non-hydrogen) atoms. The molecule has 0 radical (unpaired) electrons. The van der Waals surface area contributed by atoms with Crippen LogP contribution in [0.15, 0.2) is 59.1 Å². The Morgan fingerprint density at radius 3 is 2.53 bits per heavy atom. The molecular formula is C23H24ClF3N4O. The quantitative estimate of drug-likeness (QED) is 0.502. The molecule has 2 aromatic carbocycles. The standard InChI is InChI=1S/C23H24ClF3N4O/c24-17-4-3-5-18(14-17)31-12-10-30(11-13-31)9-8-28-16-19-15-22(29-32-19)20-6-1-2-7-21(20)23(25,26)27/h1-7,14-15,28H,8-13,16H2. The van der Waals surface area contributed by atoms with Crippen LogP contribution in [-0.2, 0) is 12.7 Å². The maximum Gasteiger partial charge on any atom is 0.417 e. The Morgan fingerprint density at radius 1 is 1.00 bits per heavy atom. The molecule has 1 saturated heterocycles. The molecular weight excluding hydrogens is 441 g/mol. The first-order valence-corrected chi connectivity index (χ1v) is 10.8. The van der Waals surface area contributed by atoms with Gasteiger partial charge in [0.1, 0.15) is 5.69 Å². The minimum absolute atomic E-state index is 0.0209. The lowest BCUT2D eigenvalue weighted by molar-refractivity contribution is -0.137. The van der Waals surface area contributed by atoms with Gasteiger partial charge in [-0.2, -0.15) is 13.2 Å². The fourth-order valence-electron chi connectivity index (χ4n) is 3.83. The largest absolute Gasteiger partial charge is 0.417 e. The number of halogens is 4. The molecule has 1 N–H and O–H groups in total. The number of rotatable bonds is 7. The number of hydrogen-bond donors (Lipinski definition) is 1. The maximum absolute atomic E-state index is 13.2. The van der Waals surface area contributed by atoms with E-state index in [1.54, 1.807) is 12.1 Å². The van der Waals surface area contributed by atoms with Gasteiger partial charge in [0, 0.05) is 61.6 Å². The van der Waals surface area contributed by atoms with Gasteiger partial charge < -0.3 is 14.7 Å². The Kier molecular flexibility index (Phi) is 7.03. The highest BCUT2D eigenvalue weighted by Crippen LogP contribution is 2.36. The first-order chi connectivity index (χ1) is 15.4. The van der Waals surface area contributed by atoms with Crippen molar-refractivity contribution in [3.8, 4) is 11.3 Å². The summed E-state index contributed by atoms with van der Waals surface area (Å²) in [7, 11) is 0. The van der Waals surface area contributed by atoms with E-state index in [9.17, 15) is 13.2 Å². The number of benzene rings is 2. The molecule has 0 saturated carbocycles. The van der Waals surface area contributed by atoms with E-state index in [0.29, 0.717) is 12.3 Å². The molecule has 1 aliphatic heterocycles. The number of nitrogens with zero attached hydrogens (tertiary/aromatic N) is 3. The van der Waals surface area contributed by atoms with Crippen LogP contribution in [0.25, 0.3) is 11.3 Å². The van der Waals surface area contributed by atoms with Gasteiger partial charge in [-0.25, -0.2) is 0 Å². The zero-order valence-corrected chi connectivity index (χ0v) is 18.2. The lowest BCUT2D eigenvalue weighted by Crippen LogP contribution is -2.48. The minimum atomic E-state index is -4.44. The third kappa shape index (κ3) is 5.62. The molecule has 4 rings (SSSR count). The predicted octanol–water partition coefficient (Wildman–Crippen LogP) is 4.93. The van der Waals surface area contributed by atoms with Crippen molar-refractivity contribution in [2.75, 3.05) is 44.2 Å². The average Bonchev–Trinajstić information content (AvgIpc) is 3.25. The third-order valence-corrected chi connectivity index (χ3v) is 5.75. The van der Waals surface area contributed by atoms with Gasteiger partial charge in [0.15, 0.2) is 5.76 Å². The molecule has 1 aliphatic rings. The van der Waals surface area contributed by atoms with E-state index in [1.807, 2.05) is 18.2 Å². The number of anilines is 1. The van der Waals surface area contributed by atoms with Crippen LogP contribution in [-0.4, -0.2) is 49.3 Å². The molecule has 9 heteroatoms. The first-order valence-electron chi connectivity index (χ1n) is 10.5. The van der Waals surface area contributed by atoms with E-state index in [2.05, 4.69) is 26.3 Å². The van der Waals surface area contributed by atoms with Crippen molar-refractivity contribution in [3.05, 3.63) is 70.9 Å². The molecule has 0 amide bonds. The van der Waals surface area contributed by atoms with Crippen molar-refractivity contribution in [1.82, 2.24) is 15.4 Å². The van der Waals surface area contributed by atoms with E-state index >= 15 is 0 Å². The van der Waals surface area contributed by atoms with Gasteiger partial charge in [-0.3, -0.25) is 4.90 Å². The molecule has 5 nitrogen and oxygen atoms in total. The molecule has 3 aromatic rings. The lowest BCUT2D eigenvalue weighted by Gasteiger charge is -2.36. The smallest absolute Gasteiger partial charge is 0.369 e. The minimum Gasteiger partial charge on any atom is -0.369 e. The van der Waals surface area contributed by atoms with Crippen LogP contribution < -0.4 is 10.2 Å². The van der Waals surface area contributed by atoms with E-state index in [1.165, 1.54) is 12.1 Å². The van der Waals surface area contributed by atoms with Crippen molar-refractivity contribution < 1.29 is 17.7 Å². The number of aromatic nitrogens is 1. The van der Waals surface area contributed by atoms with Crippen LogP contribution in [0.5, 0.6) is 0 Å². The zero-order valence-electron chi connectivity index (χ0n) is 17.4. The Hall–Kier alpha value is -2.55. The van der Waals surface area contributed by atoms with Crippen molar-refractivity contribution in [2.45, 2.75) is 12.7 Å². The Bertz CT molecular complexity index is 1030. The van der Waals surface area contributed by atoms with Crippen LogP contribution in [0.3, 0.4) is 0 Å². The second-order valence-corrected chi connectivity index (χ2v) is 8.14. The summed E-state index contributed by atoms with van der Waals surface area (Å²) in [6, 6.07) is 14.8. The SMILES string of the molecule is FC(F)(F)c1ccccc1-c1cc(CNCCN2CCN(c3cccc(Cl)c3)CC2)on1. The van der Waals surface area contributed by atoms with Crippen molar-refractivity contribution in [1.29, 1.82) is 0 Å². The van der Waals surface area contributed by atoms with E-state index in [4.69, 9.17) is 16.1 Å². The number of alkyl halides is 3. The topological polar surface area (TPSA) is 44.5 Å². The average molecular weight is 465 g/mol. The van der Waals surface area contributed by atoms with Crippen LogP contribution in [0, 0.1) is 0 Å². The van der Waals surface area contributed by atoms with Gasteiger partial charge in [-0.05, 0) is 24.3 Å². The second-order valence-electron chi connectivity index (χ2n) is 7.71. The summed E-state index contributed by atoms with van der Waals surface area (Å²) in [5, 5.41) is 7.85. The summed E-state index contributed by atoms with van der Waals surface area (Å²) >= 11 is 6.08. The zero-order chi connectivity index (χ0) is 22.6. The Labute approximate surface area is 189 Å². The summed E-state index contributed by atoms with van der Waals surface area (Å²) in [6.45, 7) is 5.80. The second kappa shape index (κ2) is 9.94. The van der Waals surface area contributed by atoms with Crippen molar-refractivity contribution >= 4 is 17.3 Å². The molecule has 1 fully saturated rings. The third-order valence-electron chi connectivity index (χ3n) is 5.52. The van der Waals surface area contributed by atoms with Gasteiger partial charge in [-0.1, -0.05) is 41.0 Å². The van der Waals surface area contributed by atoms with Crippen molar-refractivity contribution in [3.63, 3.8) is 0 Å². The lowest BCUT2D eigenvalue weighted by atomic mass is 10.0. The highest BCUT2D eigenvalue weighted by molar-refractivity contribution is 6.30. The number of hydrogen-bond acceptors (Lipinski definition) is 5. The predicted molar refractivity (Wildman–Crippen MR) is 119 cm³/mol. The summed E-state index contributed by atoms with van der Waals surface area (Å²) in [5.74, 6) is 0.503. The van der Waals surface area contributed by atoms with Gasteiger partial charge in [0.05, 0.1) is 12.1 Å². The number of nitrogens with one attached hydrogen (secondary N) is 1. The highest BCUT2D eigenvalue weighted by atomic mass is 35.5. The molecule has 0 aliphatic carbocycles. The van der Waals surface area contributed by atoms with Gasteiger partial charge in [0.25, 0.3) is 0 Å². The summed E-state index contributed by atoms with van der Waals surface area (Å²) in [4.78, 5) is 4.70.